The van der Waals surface area contributed by atoms with E-state index >= 15 is 0 Å². The molecule has 0 heterocycles. The molecule has 0 bridgehead atoms. The number of hydrogen-bond acceptors (Lipinski definition) is 2. The first-order valence-corrected chi connectivity index (χ1v) is 9.35. The van der Waals surface area contributed by atoms with Crippen molar-refractivity contribution < 1.29 is 9.32 Å². The predicted molar refractivity (Wildman–Crippen MR) is 96.7 cm³/mol. The molecule has 1 unspecified atom stereocenters. The van der Waals surface area contributed by atoms with E-state index in [9.17, 15) is 4.79 Å². The van der Waals surface area contributed by atoms with Crippen molar-refractivity contribution in [2.24, 2.45) is 0 Å². The molecule has 22 heavy (non-hydrogen) atoms. The van der Waals surface area contributed by atoms with Gasteiger partial charge in [0.05, 0.1) is 7.11 Å². The summed E-state index contributed by atoms with van der Waals surface area (Å²) in [5.74, 6) is 0. The van der Waals surface area contributed by atoms with Crippen molar-refractivity contribution in [1.29, 1.82) is 0 Å². The van der Waals surface area contributed by atoms with Crippen LogP contribution >= 0.6 is 7.11 Å². The van der Waals surface area contributed by atoms with E-state index in [1.165, 1.54) is 0 Å². The summed E-state index contributed by atoms with van der Waals surface area (Å²) in [7, 11) is -2.59. The van der Waals surface area contributed by atoms with Crippen molar-refractivity contribution in [2.75, 3.05) is 6.61 Å². The number of benzene rings is 2. The molecule has 116 valence electrons. The Balaban J connectivity index is 2.60. The molecular weight excluding hydrogens is 291 g/mol. The van der Waals surface area contributed by atoms with Crippen LogP contribution < -0.4 is 5.30 Å². The van der Waals surface area contributed by atoms with Crippen molar-refractivity contribution >= 4 is 24.2 Å². The van der Waals surface area contributed by atoms with Crippen molar-refractivity contribution in [1.82, 2.24) is 0 Å². The summed E-state index contributed by atoms with van der Waals surface area (Å²) in [6.07, 6.45) is 4.25. The minimum Gasteiger partial charge on any atom is -0.350 e. The first-order chi connectivity index (χ1) is 10.4. The lowest BCUT2D eigenvalue weighted by atomic mass is 10.0. The molecule has 0 N–H and O–H groups in total. The lowest BCUT2D eigenvalue weighted by molar-refractivity contribution is 0.106. The van der Waals surface area contributed by atoms with Gasteiger partial charge in [0.2, 0.25) is 5.52 Å². The van der Waals surface area contributed by atoms with E-state index in [1.807, 2.05) is 70.2 Å². The van der Waals surface area contributed by atoms with Crippen LogP contribution in [0.15, 0.2) is 42.5 Å². The Labute approximate surface area is 133 Å². The highest BCUT2D eigenvalue weighted by Crippen LogP contribution is 2.49. The van der Waals surface area contributed by atoms with Gasteiger partial charge in [-0.2, -0.15) is 0 Å². The fraction of sp³-hybridized carbons (Fsp3) is 0.263. The Morgan fingerprint density at radius 1 is 1.09 bits per heavy atom. The number of hydrogen-bond donors (Lipinski definition) is 0. The summed E-state index contributed by atoms with van der Waals surface area (Å²) in [6, 6.07) is 13.8. The second kappa shape index (κ2) is 6.64. The molecule has 0 aliphatic rings. The molecule has 2 rings (SSSR count). The van der Waals surface area contributed by atoms with E-state index in [4.69, 9.17) is 4.52 Å². The molecule has 1 atom stereocenters. The van der Waals surface area contributed by atoms with Gasteiger partial charge in [-0.15, -0.1) is 0 Å². The lowest BCUT2D eigenvalue weighted by Crippen LogP contribution is -2.17. The maximum atomic E-state index is 13.3. The molecule has 2 nitrogen and oxygen atoms in total. The maximum absolute atomic E-state index is 13.3. The number of rotatable bonds is 5. The first kappa shape index (κ1) is 16.7. The summed E-state index contributed by atoms with van der Waals surface area (Å²) in [5.41, 5.74) is 3.93. The molecule has 2 aromatic carbocycles. The van der Waals surface area contributed by atoms with E-state index in [0.29, 0.717) is 6.61 Å². The van der Waals surface area contributed by atoms with Gasteiger partial charge in [-0.1, -0.05) is 54.3 Å². The largest absolute Gasteiger partial charge is 0.350 e. The van der Waals surface area contributed by atoms with Gasteiger partial charge in [0, 0.05) is 17.5 Å². The monoisotopic (exact) mass is 314 g/mol. The van der Waals surface area contributed by atoms with E-state index in [-0.39, 0.29) is 5.52 Å². The molecule has 0 radical (unpaired) electrons. The van der Waals surface area contributed by atoms with Gasteiger partial charge in [0.25, 0.3) is 0 Å². The zero-order chi connectivity index (χ0) is 16.3. The first-order valence-electron chi connectivity index (χ1n) is 7.46. The molecule has 0 saturated carbocycles. The van der Waals surface area contributed by atoms with Gasteiger partial charge in [-0.25, -0.2) is 0 Å². The number of carbonyl (C=O) groups excluding carboxylic acids is 1. The molecule has 0 saturated heterocycles. The van der Waals surface area contributed by atoms with Crippen LogP contribution in [-0.2, 0) is 4.52 Å². The second-order valence-electron chi connectivity index (χ2n) is 5.57. The van der Waals surface area contributed by atoms with Gasteiger partial charge in [0.1, 0.15) is 0 Å². The van der Waals surface area contributed by atoms with Gasteiger partial charge >= 0.3 is 0 Å². The molecule has 0 aliphatic carbocycles. The summed E-state index contributed by atoms with van der Waals surface area (Å²) in [4.78, 5) is 13.3. The summed E-state index contributed by atoms with van der Waals surface area (Å²) >= 11 is 0. The van der Waals surface area contributed by atoms with Crippen molar-refractivity contribution in [3.05, 3.63) is 64.7 Å². The van der Waals surface area contributed by atoms with Crippen molar-refractivity contribution in [3.63, 3.8) is 0 Å². The van der Waals surface area contributed by atoms with Gasteiger partial charge in [-0.05, 0) is 38.8 Å². The molecule has 3 heteroatoms. The van der Waals surface area contributed by atoms with E-state index in [1.54, 1.807) is 0 Å². The third-order valence-corrected chi connectivity index (χ3v) is 6.45. The zero-order valence-electron chi connectivity index (χ0n) is 13.7. The van der Waals surface area contributed by atoms with Gasteiger partial charge in [-0.3, -0.25) is 4.79 Å². The summed E-state index contributed by atoms with van der Waals surface area (Å²) in [6.45, 7) is 8.39. The number of aryl methyl sites for hydroxylation is 3. The third-order valence-electron chi connectivity index (χ3n) is 3.74. The molecule has 0 fully saturated rings. The third kappa shape index (κ3) is 3.09. The van der Waals surface area contributed by atoms with Gasteiger partial charge in [0.15, 0.2) is 0 Å². The van der Waals surface area contributed by atoms with E-state index < -0.39 is 7.11 Å². The lowest BCUT2D eigenvalue weighted by Gasteiger charge is -2.25. The fourth-order valence-corrected chi connectivity index (χ4v) is 5.15. The summed E-state index contributed by atoms with van der Waals surface area (Å²) < 4.78 is 5.92. The maximum Gasteiger partial charge on any atom is 0.213 e. The molecule has 2 aromatic rings. The quantitative estimate of drug-likeness (QED) is 0.761. The average molecular weight is 314 g/mol. The van der Waals surface area contributed by atoms with Crippen LogP contribution in [0.1, 0.15) is 34.0 Å². The Kier molecular flexibility index (Phi) is 5.05. The molecule has 0 spiro atoms. The minimum absolute atomic E-state index is 0.0237. The number of carbonyl (C=O) groups is 1. The Bertz CT molecular complexity index is 709. The van der Waals surface area contributed by atoms with Crippen LogP contribution in [0.25, 0.3) is 0 Å². The van der Waals surface area contributed by atoms with Crippen LogP contribution in [0.4, 0.5) is 0 Å². The van der Waals surface area contributed by atoms with E-state index in [2.05, 4.69) is 6.30 Å². The SMILES string of the molecule is C=P(OCC)(C(=O)c1c(C)cc(C)cc1C)c1ccccc1. The Hall–Kier alpha value is -1.63. The van der Waals surface area contributed by atoms with Crippen LogP contribution in [0, 0.1) is 20.8 Å². The smallest absolute Gasteiger partial charge is 0.213 e. The zero-order valence-corrected chi connectivity index (χ0v) is 14.6. The Morgan fingerprint density at radius 3 is 2.14 bits per heavy atom. The topological polar surface area (TPSA) is 26.3 Å². The normalized spacial score (nSPS) is 13.6. The standard InChI is InChI=1S/C19H23O2P/c1-6-21-22(5,17-10-8-7-9-11-17)19(20)18-15(3)12-14(2)13-16(18)4/h7-13H,5-6H2,1-4H3. The highest BCUT2D eigenvalue weighted by atomic mass is 31.2. The van der Waals surface area contributed by atoms with Crippen LogP contribution in [-0.4, -0.2) is 18.4 Å². The summed E-state index contributed by atoms with van der Waals surface area (Å²) in [5, 5.41) is 0.890. The van der Waals surface area contributed by atoms with Crippen LogP contribution in [0.5, 0.6) is 0 Å². The average Bonchev–Trinajstić information content (AvgIpc) is 2.47. The van der Waals surface area contributed by atoms with Gasteiger partial charge < -0.3 is 4.52 Å². The molecule has 0 amide bonds. The van der Waals surface area contributed by atoms with Crippen LogP contribution in [0.2, 0.25) is 0 Å². The second-order valence-corrected chi connectivity index (χ2v) is 8.23. The molecule has 0 aromatic heterocycles. The van der Waals surface area contributed by atoms with Crippen molar-refractivity contribution in [3.8, 4) is 0 Å². The fourth-order valence-electron chi connectivity index (χ4n) is 2.84. The molecular formula is C19H23O2P. The predicted octanol–water partition coefficient (Wildman–Crippen LogP) is 4.48. The van der Waals surface area contributed by atoms with Crippen LogP contribution in [0.3, 0.4) is 0 Å². The Morgan fingerprint density at radius 2 is 1.64 bits per heavy atom. The van der Waals surface area contributed by atoms with E-state index in [0.717, 1.165) is 27.6 Å². The molecule has 0 aliphatic heterocycles. The highest BCUT2D eigenvalue weighted by molar-refractivity contribution is 7.91. The highest BCUT2D eigenvalue weighted by Gasteiger charge is 2.30. The minimum atomic E-state index is -2.59. The van der Waals surface area contributed by atoms with Crippen molar-refractivity contribution in [2.45, 2.75) is 27.7 Å².